The molecule has 0 aliphatic carbocycles. The Kier molecular flexibility index (Phi) is 2.78. The van der Waals surface area contributed by atoms with Crippen molar-refractivity contribution >= 4 is 11.7 Å². The number of aromatic nitrogens is 1. The van der Waals surface area contributed by atoms with Crippen molar-refractivity contribution in [3.05, 3.63) is 18.3 Å². The smallest absolute Gasteiger partial charge is 0.232 e. The summed E-state index contributed by atoms with van der Waals surface area (Å²) in [7, 11) is 0. The molecule has 86 valence electrons. The minimum atomic E-state index is -0.413. The molecule has 0 spiro atoms. The number of hydrogen-bond acceptors (Lipinski definition) is 4. The van der Waals surface area contributed by atoms with Crippen molar-refractivity contribution < 1.29 is 9.90 Å². The van der Waals surface area contributed by atoms with Crippen LogP contribution in [-0.4, -0.2) is 29.1 Å². The van der Waals surface area contributed by atoms with E-state index in [-0.39, 0.29) is 17.5 Å². The van der Waals surface area contributed by atoms with E-state index >= 15 is 0 Å². The van der Waals surface area contributed by atoms with Crippen molar-refractivity contribution in [1.82, 2.24) is 10.3 Å². The molecule has 0 aromatic carbocycles. The van der Waals surface area contributed by atoms with Crippen LogP contribution in [0.3, 0.4) is 0 Å². The second-order valence-electron chi connectivity index (χ2n) is 4.31. The van der Waals surface area contributed by atoms with Gasteiger partial charge in [0.15, 0.2) is 11.6 Å². The third-order valence-corrected chi connectivity index (χ3v) is 2.94. The van der Waals surface area contributed by atoms with E-state index in [9.17, 15) is 9.90 Å². The Balaban J connectivity index is 2.10. The van der Waals surface area contributed by atoms with E-state index in [0.717, 1.165) is 13.0 Å². The van der Waals surface area contributed by atoms with Crippen molar-refractivity contribution in [2.75, 3.05) is 18.4 Å². The quantitative estimate of drug-likeness (QED) is 0.688. The van der Waals surface area contributed by atoms with Crippen LogP contribution < -0.4 is 10.6 Å². The molecule has 1 aliphatic rings. The highest BCUT2D eigenvalue weighted by atomic mass is 16.3. The molecule has 16 heavy (non-hydrogen) atoms. The summed E-state index contributed by atoms with van der Waals surface area (Å²) < 4.78 is 0. The maximum Gasteiger partial charge on any atom is 0.232 e. The summed E-state index contributed by atoms with van der Waals surface area (Å²) >= 11 is 0. The van der Waals surface area contributed by atoms with E-state index in [1.807, 2.05) is 6.92 Å². The van der Waals surface area contributed by atoms with Crippen LogP contribution in [-0.2, 0) is 4.79 Å². The van der Waals surface area contributed by atoms with E-state index in [1.54, 1.807) is 6.07 Å². The number of carbonyl (C=O) groups is 1. The first-order valence-electron chi connectivity index (χ1n) is 5.28. The monoisotopic (exact) mass is 221 g/mol. The lowest BCUT2D eigenvalue weighted by Gasteiger charge is -2.21. The van der Waals surface area contributed by atoms with Gasteiger partial charge in [0.05, 0.1) is 5.41 Å². The summed E-state index contributed by atoms with van der Waals surface area (Å²) in [5.41, 5.74) is -0.413. The maximum absolute atomic E-state index is 12.0. The summed E-state index contributed by atoms with van der Waals surface area (Å²) in [5.74, 6) is 0.109. The number of aromatic hydroxyl groups is 1. The van der Waals surface area contributed by atoms with Gasteiger partial charge in [-0.3, -0.25) is 4.79 Å². The Morgan fingerprint density at radius 3 is 3.12 bits per heavy atom. The molecule has 1 unspecified atom stereocenters. The summed E-state index contributed by atoms with van der Waals surface area (Å²) in [6.07, 6.45) is 2.33. The van der Waals surface area contributed by atoms with Crippen molar-refractivity contribution in [3.63, 3.8) is 0 Å². The molecule has 5 nitrogen and oxygen atoms in total. The molecule has 2 rings (SSSR count). The minimum absolute atomic E-state index is 0.00888. The number of nitrogens with one attached hydrogen (secondary N) is 2. The Bertz CT molecular complexity index is 400. The van der Waals surface area contributed by atoms with Gasteiger partial charge in [0.25, 0.3) is 0 Å². The van der Waals surface area contributed by atoms with Gasteiger partial charge in [-0.05, 0) is 32.0 Å². The zero-order valence-corrected chi connectivity index (χ0v) is 9.16. The SMILES string of the molecule is CC1(C(=O)Nc2ncccc2O)CCNC1. The molecule has 1 saturated heterocycles. The molecule has 3 N–H and O–H groups in total. The molecule has 5 heteroatoms. The van der Waals surface area contributed by atoms with Crippen LogP contribution in [0.1, 0.15) is 13.3 Å². The molecule has 1 aromatic rings. The molecule has 1 aliphatic heterocycles. The van der Waals surface area contributed by atoms with Gasteiger partial charge in [-0.1, -0.05) is 0 Å². The van der Waals surface area contributed by atoms with Gasteiger partial charge in [-0.2, -0.15) is 0 Å². The van der Waals surface area contributed by atoms with Gasteiger partial charge >= 0.3 is 0 Å². The van der Waals surface area contributed by atoms with Crippen LogP contribution >= 0.6 is 0 Å². The minimum Gasteiger partial charge on any atom is -0.504 e. The fraction of sp³-hybridized carbons (Fsp3) is 0.455. The molecule has 1 aromatic heterocycles. The van der Waals surface area contributed by atoms with Crippen molar-refractivity contribution in [1.29, 1.82) is 0 Å². The number of nitrogens with zero attached hydrogens (tertiary/aromatic N) is 1. The second-order valence-corrected chi connectivity index (χ2v) is 4.31. The average Bonchev–Trinajstić information content (AvgIpc) is 2.70. The molecule has 1 fully saturated rings. The molecule has 1 atom stereocenters. The van der Waals surface area contributed by atoms with Crippen LogP contribution in [0.15, 0.2) is 18.3 Å². The number of hydrogen-bond donors (Lipinski definition) is 3. The van der Waals surface area contributed by atoms with Crippen LogP contribution in [0.2, 0.25) is 0 Å². The predicted molar refractivity (Wildman–Crippen MR) is 60.1 cm³/mol. The van der Waals surface area contributed by atoms with Gasteiger partial charge in [0.2, 0.25) is 5.91 Å². The summed E-state index contributed by atoms with van der Waals surface area (Å²) in [6, 6.07) is 3.11. The van der Waals surface area contributed by atoms with Gasteiger partial charge in [0, 0.05) is 12.7 Å². The number of pyridine rings is 1. The number of amides is 1. The third-order valence-electron chi connectivity index (χ3n) is 2.94. The first-order valence-corrected chi connectivity index (χ1v) is 5.28. The summed E-state index contributed by atoms with van der Waals surface area (Å²) in [5, 5.41) is 15.3. The predicted octanol–water partition coefficient (Wildman–Crippen LogP) is 0.725. The standard InChI is InChI=1S/C11H15N3O2/c1-11(4-6-12-7-11)10(16)14-9-8(15)3-2-5-13-9/h2-3,5,12,15H,4,6-7H2,1H3,(H,13,14,16). The van der Waals surface area contributed by atoms with E-state index in [2.05, 4.69) is 15.6 Å². The first-order chi connectivity index (χ1) is 7.62. The van der Waals surface area contributed by atoms with Crippen molar-refractivity contribution in [3.8, 4) is 5.75 Å². The average molecular weight is 221 g/mol. The Morgan fingerprint density at radius 1 is 1.69 bits per heavy atom. The molecular weight excluding hydrogens is 206 g/mol. The second kappa shape index (κ2) is 4.09. The zero-order valence-electron chi connectivity index (χ0n) is 9.16. The van der Waals surface area contributed by atoms with Gasteiger partial charge in [-0.25, -0.2) is 4.98 Å². The normalized spacial score (nSPS) is 24.3. The first kappa shape index (κ1) is 10.9. The van der Waals surface area contributed by atoms with Crippen LogP contribution in [0, 0.1) is 5.41 Å². The topological polar surface area (TPSA) is 74.2 Å². The Labute approximate surface area is 93.9 Å². The van der Waals surface area contributed by atoms with Crippen LogP contribution in [0.4, 0.5) is 5.82 Å². The fourth-order valence-corrected chi connectivity index (χ4v) is 1.76. The fourth-order valence-electron chi connectivity index (χ4n) is 1.76. The van der Waals surface area contributed by atoms with E-state index in [0.29, 0.717) is 6.54 Å². The maximum atomic E-state index is 12.0. The molecule has 0 saturated carbocycles. The van der Waals surface area contributed by atoms with E-state index in [4.69, 9.17) is 0 Å². The van der Waals surface area contributed by atoms with Crippen LogP contribution in [0.25, 0.3) is 0 Å². The Morgan fingerprint density at radius 2 is 2.50 bits per heavy atom. The number of carbonyl (C=O) groups excluding carboxylic acids is 1. The lowest BCUT2D eigenvalue weighted by molar-refractivity contribution is -0.123. The number of rotatable bonds is 2. The zero-order chi connectivity index (χ0) is 11.6. The Hall–Kier alpha value is -1.62. The van der Waals surface area contributed by atoms with E-state index < -0.39 is 5.41 Å². The molecule has 0 radical (unpaired) electrons. The lowest BCUT2D eigenvalue weighted by atomic mass is 9.89. The van der Waals surface area contributed by atoms with Gasteiger partial charge < -0.3 is 15.7 Å². The molecule has 1 amide bonds. The highest BCUT2D eigenvalue weighted by Gasteiger charge is 2.36. The van der Waals surface area contributed by atoms with Crippen LogP contribution in [0.5, 0.6) is 5.75 Å². The highest BCUT2D eigenvalue weighted by Crippen LogP contribution is 2.27. The molecule has 2 heterocycles. The third kappa shape index (κ3) is 1.99. The summed E-state index contributed by atoms with van der Waals surface area (Å²) in [4.78, 5) is 15.9. The van der Waals surface area contributed by atoms with E-state index in [1.165, 1.54) is 12.3 Å². The highest BCUT2D eigenvalue weighted by molar-refractivity contribution is 5.95. The molecule has 0 bridgehead atoms. The lowest BCUT2D eigenvalue weighted by Crippen LogP contribution is -2.35. The number of anilines is 1. The van der Waals surface area contributed by atoms with Gasteiger partial charge in [-0.15, -0.1) is 0 Å². The largest absolute Gasteiger partial charge is 0.504 e. The summed E-state index contributed by atoms with van der Waals surface area (Å²) in [6.45, 7) is 3.41. The van der Waals surface area contributed by atoms with Gasteiger partial charge in [0.1, 0.15) is 0 Å². The molecular formula is C11H15N3O2. The van der Waals surface area contributed by atoms with Crippen molar-refractivity contribution in [2.24, 2.45) is 5.41 Å². The van der Waals surface area contributed by atoms with Crippen molar-refractivity contribution in [2.45, 2.75) is 13.3 Å².